The zero-order chi connectivity index (χ0) is 27.0. The average Bonchev–Trinajstić information content (AvgIpc) is 3.28. The van der Waals surface area contributed by atoms with Crippen molar-refractivity contribution >= 4 is 20.2 Å². The van der Waals surface area contributed by atoms with Gasteiger partial charge in [-0.2, -0.15) is 9.67 Å². The monoisotopic (exact) mass is 519 g/mol. The first-order chi connectivity index (χ1) is 17.4. The highest BCUT2D eigenvalue weighted by Crippen LogP contribution is 2.36. The first kappa shape index (κ1) is 26.8. The molecule has 8 heteroatoms. The second-order valence-electron chi connectivity index (χ2n) is 11.2. The fourth-order valence-corrected chi connectivity index (χ4v) is 5.31. The van der Waals surface area contributed by atoms with Crippen LogP contribution >= 0.6 is 0 Å². The summed E-state index contributed by atoms with van der Waals surface area (Å²) in [4.78, 5) is 4.77. The molecule has 37 heavy (non-hydrogen) atoms. The smallest absolute Gasteiger partial charge is 0.231 e. The predicted octanol–water partition coefficient (Wildman–Crippen LogP) is 4.42. The normalized spacial score (nSPS) is 15.3. The van der Waals surface area contributed by atoms with Gasteiger partial charge in [-0.1, -0.05) is 20.8 Å². The Morgan fingerprint density at radius 3 is 2.54 bits per heavy atom. The van der Waals surface area contributed by atoms with Gasteiger partial charge in [0.25, 0.3) is 0 Å². The third-order valence-electron chi connectivity index (χ3n) is 7.46. The van der Waals surface area contributed by atoms with Crippen LogP contribution in [-0.4, -0.2) is 48.4 Å². The van der Waals surface area contributed by atoms with Gasteiger partial charge in [-0.15, -0.1) is 0 Å². The number of allylic oxidation sites excluding steroid dienone is 1. The Hall–Kier alpha value is -3.23. The molecule has 0 aliphatic carbocycles. The van der Waals surface area contributed by atoms with Crippen LogP contribution in [0.25, 0.3) is 23.0 Å². The molecule has 0 saturated carbocycles. The van der Waals surface area contributed by atoms with Gasteiger partial charge in [0.2, 0.25) is 11.1 Å². The largest absolute Gasteiger partial charge is 0.502 e. The number of aryl methyl sites for hydroxylation is 2. The van der Waals surface area contributed by atoms with Crippen LogP contribution in [0.1, 0.15) is 38.3 Å². The first-order valence-corrected chi connectivity index (χ1v) is 15.6. The van der Waals surface area contributed by atoms with Crippen LogP contribution in [-0.2, 0) is 11.5 Å². The standard InChI is InChI=1S/C29H38N4O3Si/c1-20-13-21(15-24(14-20)35-6)28(34)26-10-9-25-27(16-22(17-30-25)23-18-31-32(5)19-23)33(26)11-12-36-37(7,8)29(2,3)4/h9,13-19H,10-12H2,1-8H3/p+1. The Labute approximate surface area is 220 Å². The highest BCUT2D eigenvalue weighted by molar-refractivity contribution is 6.74. The van der Waals surface area contributed by atoms with Crippen LogP contribution in [0, 0.1) is 6.92 Å². The lowest BCUT2D eigenvalue weighted by molar-refractivity contribution is 0.281. The number of aliphatic hydroxyl groups excluding tert-OH is 1. The predicted molar refractivity (Wildman–Crippen MR) is 151 cm³/mol. The van der Waals surface area contributed by atoms with Crippen molar-refractivity contribution in [2.75, 3.05) is 20.3 Å². The maximum atomic E-state index is 11.6. The number of ether oxygens (including phenoxy) is 1. The van der Waals surface area contributed by atoms with Crippen LogP contribution in [0.15, 0.2) is 48.6 Å². The topological polar surface area (TPSA) is 72.4 Å². The summed E-state index contributed by atoms with van der Waals surface area (Å²) in [5, 5.41) is 17.9. The molecule has 0 fully saturated rings. The number of pyridine rings is 1. The summed E-state index contributed by atoms with van der Waals surface area (Å²) < 4.78 is 16.0. The lowest BCUT2D eigenvalue weighted by Crippen LogP contribution is -2.47. The Kier molecular flexibility index (Phi) is 7.44. The number of hydrogen-bond acceptors (Lipinski definition) is 5. The fourth-order valence-electron chi connectivity index (χ4n) is 4.27. The van der Waals surface area contributed by atoms with Crippen molar-refractivity contribution in [3.8, 4) is 16.9 Å². The summed E-state index contributed by atoms with van der Waals surface area (Å²) in [6, 6.07) is 7.94. The molecular formula is C29H39N4O3Si+. The van der Waals surface area contributed by atoms with Gasteiger partial charge in [0.15, 0.2) is 20.6 Å². The van der Waals surface area contributed by atoms with E-state index >= 15 is 0 Å². The summed E-state index contributed by atoms with van der Waals surface area (Å²) >= 11 is 0. The van der Waals surface area contributed by atoms with E-state index in [9.17, 15) is 5.11 Å². The van der Waals surface area contributed by atoms with Crippen molar-refractivity contribution < 1.29 is 14.3 Å². The van der Waals surface area contributed by atoms with Gasteiger partial charge >= 0.3 is 0 Å². The zero-order valence-corrected chi connectivity index (χ0v) is 24.3. The molecule has 0 amide bonds. The van der Waals surface area contributed by atoms with Crippen molar-refractivity contribution in [2.45, 2.75) is 52.2 Å². The molecule has 0 atom stereocenters. The van der Waals surface area contributed by atoms with E-state index in [0.717, 1.165) is 44.4 Å². The number of benzene rings is 1. The van der Waals surface area contributed by atoms with Gasteiger partial charge in [0, 0.05) is 42.2 Å². The van der Waals surface area contributed by atoms with Crippen LogP contribution in [0.2, 0.25) is 18.1 Å². The highest BCUT2D eigenvalue weighted by atomic mass is 28.4. The Morgan fingerprint density at radius 1 is 1.14 bits per heavy atom. The Bertz CT molecular complexity index is 1460. The molecule has 3 heterocycles. The van der Waals surface area contributed by atoms with Crippen molar-refractivity contribution in [3.63, 3.8) is 0 Å². The lowest BCUT2D eigenvalue weighted by Gasteiger charge is -2.35. The maximum absolute atomic E-state index is 11.6. The second-order valence-corrected chi connectivity index (χ2v) is 16.0. The number of aromatic nitrogens is 3. The number of rotatable bonds is 7. The highest BCUT2D eigenvalue weighted by Gasteiger charge is 2.37. The van der Waals surface area contributed by atoms with E-state index in [4.69, 9.17) is 14.1 Å². The quantitative estimate of drug-likeness (QED) is 0.284. The molecule has 1 aliphatic rings. The molecule has 3 aromatic rings. The molecule has 7 nitrogen and oxygen atoms in total. The van der Waals surface area contributed by atoms with Gasteiger partial charge in [-0.25, -0.2) is 4.98 Å². The number of nitrogens with zero attached hydrogens (tertiary/aromatic N) is 4. The first-order valence-electron chi connectivity index (χ1n) is 12.7. The Balaban J connectivity index is 1.86. The third-order valence-corrected chi connectivity index (χ3v) is 12.0. The van der Waals surface area contributed by atoms with E-state index in [2.05, 4.69) is 55.7 Å². The van der Waals surface area contributed by atoms with Gasteiger partial charge in [0.05, 0.1) is 26.3 Å². The van der Waals surface area contributed by atoms with Crippen LogP contribution < -0.4 is 20.0 Å². The molecule has 2 aromatic heterocycles. The second kappa shape index (κ2) is 10.3. The minimum atomic E-state index is -1.93. The summed E-state index contributed by atoms with van der Waals surface area (Å²) in [6.07, 6.45) is 8.35. The number of hydrogen-bond donors (Lipinski definition) is 1. The van der Waals surface area contributed by atoms with Crippen molar-refractivity contribution in [2.24, 2.45) is 7.05 Å². The molecule has 0 radical (unpaired) electrons. The average molecular weight is 520 g/mol. The molecule has 0 unspecified atom stereocenters. The van der Waals surface area contributed by atoms with Gasteiger partial charge < -0.3 is 14.3 Å². The van der Waals surface area contributed by atoms with E-state index in [1.54, 1.807) is 11.8 Å². The molecule has 0 spiro atoms. The van der Waals surface area contributed by atoms with E-state index in [0.29, 0.717) is 19.6 Å². The number of methoxy groups -OCH3 is 1. The van der Waals surface area contributed by atoms with Crippen molar-refractivity contribution in [1.82, 2.24) is 19.3 Å². The molecule has 1 N–H and O–H groups in total. The maximum Gasteiger partial charge on any atom is 0.231 e. The van der Waals surface area contributed by atoms with E-state index in [1.807, 2.05) is 50.8 Å². The minimum Gasteiger partial charge on any atom is -0.502 e. The SMILES string of the molecule is COc1cc(C)cc(/C(O)=C2/CC=c3ncc(-c4cnn(C)c4)cc3=[N+]2CCO[Si](C)(C)C(C)(C)C)c1. The van der Waals surface area contributed by atoms with E-state index in [1.165, 1.54) is 0 Å². The molecule has 4 rings (SSSR count). The number of aliphatic hydroxyl groups is 1. The molecule has 1 aromatic carbocycles. The van der Waals surface area contributed by atoms with Crippen molar-refractivity contribution in [1.29, 1.82) is 0 Å². The molecule has 0 bridgehead atoms. The molecule has 1 aliphatic heterocycles. The number of fused-ring (bicyclic) bond motifs is 1. The third kappa shape index (κ3) is 5.70. The van der Waals surface area contributed by atoms with Crippen LogP contribution in [0.4, 0.5) is 0 Å². The van der Waals surface area contributed by atoms with E-state index in [-0.39, 0.29) is 10.8 Å². The summed E-state index contributed by atoms with van der Waals surface area (Å²) in [5.74, 6) is 0.957. The van der Waals surface area contributed by atoms with Gasteiger partial charge in [-0.3, -0.25) is 4.68 Å². The lowest BCUT2D eigenvalue weighted by atomic mass is 10.0. The fraction of sp³-hybridized carbons (Fsp3) is 0.414. The summed E-state index contributed by atoms with van der Waals surface area (Å²) in [6.45, 7) is 14.4. The molecular weight excluding hydrogens is 480 g/mol. The minimum absolute atomic E-state index is 0.120. The van der Waals surface area contributed by atoms with Crippen LogP contribution in [0.3, 0.4) is 0 Å². The Morgan fingerprint density at radius 2 is 1.89 bits per heavy atom. The van der Waals surface area contributed by atoms with E-state index < -0.39 is 8.32 Å². The van der Waals surface area contributed by atoms with Gasteiger partial charge in [-0.05, 0) is 54.9 Å². The van der Waals surface area contributed by atoms with Crippen LogP contribution in [0.5, 0.6) is 5.75 Å². The zero-order valence-electron chi connectivity index (χ0n) is 23.3. The summed E-state index contributed by atoms with van der Waals surface area (Å²) in [7, 11) is 1.62. The van der Waals surface area contributed by atoms with Gasteiger partial charge in [0.1, 0.15) is 11.1 Å². The van der Waals surface area contributed by atoms with Crippen molar-refractivity contribution in [3.05, 3.63) is 70.4 Å². The summed E-state index contributed by atoms with van der Waals surface area (Å²) in [5.41, 5.74) is 4.56. The molecule has 0 saturated heterocycles. The molecule has 196 valence electrons.